The Labute approximate surface area is 183 Å². The first-order valence-electron chi connectivity index (χ1n) is 11.7. The Hall–Kier alpha value is -1.14. The van der Waals surface area contributed by atoms with Crippen LogP contribution in [0.5, 0.6) is 0 Å². The van der Waals surface area contributed by atoms with Gasteiger partial charge in [0.25, 0.3) is 0 Å². The number of hydrogen-bond donors (Lipinski definition) is 2. The molecule has 0 aliphatic rings. The summed E-state index contributed by atoms with van der Waals surface area (Å²) >= 11 is 0. The summed E-state index contributed by atoms with van der Waals surface area (Å²) in [6.45, 7) is 12.0. The topological polar surface area (TPSA) is 93.1 Å². The Bertz CT molecular complexity index is 442. The van der Waals surface area contributed by atoms with E-state index in [9.17, 15) is 19.8 Å². The second kappa shape index (κ2) is 14.8. The van der Waals surface area contributed by atoms with Gasteiger partial charge in [-0.15, -0.1) is 0 Å². The van der Waals surface area contributed by atoms with Crippen molar-refractivity contribution >= 4 is 11.9 Å². The van der Waals surface area contributed by atoms with Crippen LogP contribution in [0.3, 0.4) is 0 Å². The van der Waals surface area contributed by atoms with Crippen molar-refractivity contribution in [2.24, 2.45) is 10.8 Å². The molecule has 0 aromatic heterocycles. The summed E-state index contributed by atoms with van der Waals surface area (Å²) in [6.07, 6.45) is 6.49. The zero-order valence-electron chi connectivity index (χ0n) is 20.2. The van der Waals surface area contributed by atoms with Gasteiger partial charge in [0.2, 0.25) is 0 Å². The second-order valence-corrected chi connectivity index (χ2v) is 9.54. The predicted molar refractivity (Wildman–Crippen MR) is 119 cm³/mol. The van der Waals surface area contributed by atoms with E-state index < -0.39 is 23.0 Å². The average molecular weight is 431 g/mol. The van der Waals surface area contributed by atoms with E-state index in [0.717, 1.165) is 51.4 Å². The lowest BCUT2D eigenvalue weighted by Gasteiger charge is -2.23. The summed E-state index contributed by atoms with van der Waals surface area (Å²) < 4.78 is 10.2. The van der Waals surface area contributed by atoms with Crippen molar-refractivity contribution in [3.8, 4) is 0 Å². The van der Waals surface area contributed by atoms with E-state index in [1.807, 2.05) is 41.5 Å². The number of carbonyl (C=O) groups excluding carboxylic acids is 2. The molecule has 0 unspecified atom stereocenters. The summed E-state index contributed by atoms with van der Waals surface area (Å²) in [6, 6.07) is 0. The number of esters is 2. The third-order valence-corrected chi connectivity index (χ3v) is 5.70. The van der Waals surface area contributed by atoms with Crippen LogP contribution in [0.4, 0.5) is 0 Å². The highest BCUT2D eigenvalue weighted by molar-refractivity contribution is 5.76. The number of aliphatic hydroxyl groups is 2. The Morgan fingerprint density at radius 2 is 1.00 bits per heavy atom. The number of unbranched alkanes of at least 4 members (excludes halogenated alkanes) is 4. The molecule has 6 heteroatoms. The highest BCUT2D eigenvalue weighted by atomic mass is 16.5. The van der Waals surface area contributed by atoms with Crippen LogP contribution < -0.4 is 0 Å². The maximum absolute atomic E-state index is 11.9. The second-order valence-electron chi connectivity index (χ2n) is 9.54. The first-order chi connectivity index (χ1) is 14.0. The molecule has 0 bridgehead atoms. The number of aliphatic hydroxyl groups excluding tert-OH is 2. The van der Waals surface area contributed by atoms with Gasteiger partial charge in [-0.1, -0.05) is 38.5 Å². The maximum Gasteiger partial charge on any atom is 0.311 e. The molecule has 2 N–H and O–H groups in total. The van der Waals surface area contributed by atoms with E-state index in [0.29, 0.717) is 26.1 Å². The van der Waals surface area contributed by atoms with Gasteiger partial charge >= 0.3 is 11.9 Å². The van der Waals surface area contributed by atoms with Crippen molar-refractivity contribution in [1.29, 1.82) is 0 Å². The Balaban J connectivity index is 3.91. The molecule has 0 saturated heterocycles. The maximum atomic E-state index is 11.9. The molecule has 0 heterocycles. The summed E-state index contributed by atoms with van der Waals surface area (Å²) in [4.78, 5) is 23.7. The molecule has 2 atom stereocenters. The predicted octanol–water partition coefficient (Wildman–Crippen LogP) is 4.79. The van der Waals surface area contributed by atoms with Crippen LogP contribution >= 0.6 is 0 Å². The van der Waals surface area contributed by atoms with Crippen LogP contribution in [-0.2, 0) is 19.1 Å². The summed E-state index contributed by atoms with van der Waals surface area (Å²) in [7, 11) is 0. The molecule has 0 aliphatic carbocycles. The normalized spacial score (nSPS) is 14.3. The van der Waals surface area contributed by atoms with Gasteiger partial charge < -0.3 is 19.7 Å². The third-order valence-electron chi connectivity index (χ3n) is 5.70. The van der Waals surface area contributed by atoms with Gasteiger partial charge in [-0.2, -0.15) is 0 Å². The quantitative estimate of drug-likeness (QED) is 0.255. The number of hydrogen-bond acceptors (Lipinski definition) is 6. The summed E-state index contributed by atoms with van der Waals surface area (Å²) in [5.41, 5.74) is -0.952. The first-order valence-corrected chi connectivity index (χ1v) is 11.7. The third kappa shape index (κ3) is 11.9. The fourth-order valence-electron chi connectivity index (χ4n) is 3.44. The number of ether oxygens (including phenoxy) is 2. The highest BCUT2D eigenvalue weighted by Gasteiger charge is 2.29. The minimum atomic E-state index is -0.709. The molecule has 0 aliphatic heterocycles. The van der Waals surface area contributed by atoms with E-state index in [-0.39, 0.29) is 11.9 Å². The van der Waals surface area contributed by atoms with Crippen molar-refractivity contribution in [3.05, 3.63) is 0 Å². The van der Waals surface area contributed by atoms with Crippen molar-refractivity contribution in [2.75, 3.05) is 13.2 Å². The molecular weight excluding hydrogens is 384 g/mol. The van der Waals surface area contributed by atoms with Crippen molar-refractivity contribution in [2.45, 2.75) is 118 Å². The van der Waals surface area contributed by atoms with Crippen LogP contribution in [0, 0.1) is 10.8 Å². The monoisotopic (exact) mass is 430 g/mol. The Morgan fingerprint density at radius 1 is 0.667 bits per heavy atom. The van der Waals surface area contributed by atoms with Gasteiger partial charge in [0.1, 0.15) is 0 Å². The lowest BCUT2D eigenvalue weighted by molar-refractivity contribution is -0.154. The van der Waals surface area contributed by atoms with E-state index in [4.69, 9.17) is 9.47 Å². The highest BCUT2D eigenvalue weighted by Crippen LogP contribution is 2.27. The van der Waals surface area contributed by atoms with Crippen LogP contribution in [0.1, 0.15) is 106 Å². The van der Waals surface area contributed by atoms with Crippen molar-refractivity contribution in [1.82, 2.24) is 0 Å². The molecule has 0 amide bonds. The molecular formula is C24H46O6. The van der Waals surface area contributed by atoms with Gasteiger partial charge in [-0.05, 0) is 67.2 Å². The fraction of sp³-hybridized carbons (Fsp3) is 0.917. The standard InChI is InChI=1S/C24H46O6/c1-7-29-21(27)23(3,4)17-13-9-11-15-19(25)20(26)16-12-10-14-18-24(5,6)22(28)30-8-2/h19-20,25-26H,7-18H2,1-6H3/t19-,20-/m0/s1. The van der Waals surface area contributed by atoms with Crippen LogP contribution in [-0.4, -0.2) is 47.6 Å². The summed E-state index contributed by atoms with van der Waals surface area (Å²) in [5, 5.41) is 20.3. The summed E-state index contributed by atoms with van der Waals surface area (Å²) in [5.74, 6) is -0.322. The molecule has 0 aromatic rings. The van der Waals surface area contributed by atoms with Gasteiger partial charge in [-0.3, -0.25) is 9.59 Å². The zero-order valence-corrected chi connectivity index (χ0v) is 20.2. The molecule has 6 nitrogen and oxygen atoms in total. The first kappa shape index (κ1) is 28.9. The number of carbonyl (C=O) groups is 2. The van der Waals surface area contributed by atoms with Crippen molar-refractivity contribution in [3.63, 3.8) is 0 Å². The molecule has 0 radical (unpaired) electrons. The lowest BCUT2D eigenvalue weighted by atomic mass is 9.86. The van der Waals surface area contributed by atoms with E-state index in [1.54, 1.807) is 0 Å². The van der Waals surface area contributed by atoms with Gasteiger partial charge in [-0.25, -0.2) is 0 Å². The molecule has 0 rings (SSSR count). The van der Waals surface area contributed by atoms with Crippen LogP contribution in [0.15, 0.2) is 0 Å². The van der Waals surface area contributed by atoms with Gasteiger partial charge in [0, 0.05) is 0 Å². The molecule has 0 saturated carbocycles. The van der Waals surface area contributed by atoms with Crippen molar-refractivity contribution < 1.29 is 29.3 Å². The zero-order chi connectivity index (χ0) is 23.2. The van der Waals surface area contributed by atoms with Crippen LogP contribution in [0.2, 0.25) is 0 Å². The number of rotatable bonds is 17. The van der Waals surface area contributed by atoms with Crippen LogP contribution in [0.25, 0.3) is 0 Å². The van der Waals surface area contributed by atoms with E-state index >= 15 is 0 Å². The van der Waals surface area contributed by atoms with Gasteiger partial charge in [0.15, 0.2) is 0 Å². The smallest absolute Gasteiger partial charge is 0.311 e. The molecule has 0 aromatic carbocycles. The van der Waals surface area contributed by atoms with Gasteiger partial charge in [0.05, 0.1) is 36.3 Å². The SMILES string of the molecule is CCOC(=O)C(C)(C)CCCCC[C@H](O)[C@@H](O)CCCCCC(C)(C)C(=O)OCC. The molecule has 0 spiro atoms. The lowest BCUT2D eigenvalue weighted by Crippen LogP contribution is -2.27. The minimum Gasteiger partial charge on any atom is -0.466 e. The molecule has 30 heavy (non-hydrogen) atoms. The molecule has 178 valence electrons. The Morgan fingerprint density at radius 3 is 1.30 bits per heavy atom. The van der Waals surface area contributed by atoms with E-state index in [1.165, 1.54) is 0 Å². The molecule has 0 fully saturated rings. The average Bonchev–Trinajstić information content (AvgIpc) is 2.67. The largest absolute Gasteiger partial charge is 0.466 e. The van der Waals surface area contributed by atoms with E-state index in [2.05, 4.69) is 0 Å². The minimum absolute atomic E-state index is 0.161. The fourth-order valence-corrected chi connectivity index (χ4v) is 3.44. The Kier molecular flexibility index (Phi) is 14.2.